The van der Waals surface area contributed by atoms with Crippen LogP contribution < -0.4 is 10.5 Å². The Morgan fingerprint density at radius 3 is 2.38 bits per heavy atom. The molecular formula is C17H31N3O3S. The quantitative estimate of drug-likeness (QED) is 0.787. The van der Waals surface area contributed by atoms with E-state index in [1.807, 2.05) is 13.8 Å². The highest BCUT2D eigenvalue weighted by Crippen LogP contribution is 2.42. The first-order chi connectivity index (χ1) is 11.3. The molecule has 1 aliphatic heterocycles. The van der Waals surface area contributed by atoms with Crippen molar-refractivity contribution in [1.29, 1.82) is 0 Å². The molecule has 24 heavy (non-hydrogen) atoms. The van der Waals surface area contributed by atoms with Gasteiger partial charge in [-0.1, -0.05) is 6.42 Å². The molecule has 0 aromatic heterocycles. The van der Waals surface area contributed by atoms with E-state index in [9.17, 15) is 13.2 Å². The minimum atomic E-state index is -3.34. The summed E-state index contributed by atoms with van der Waals surface area (Å²) < 4.78 is 27.3. The minimum absolute atomic E-state index is 0.0413. The Balaban J connectivity index is 1.61. The molecule has 7 heteroatoms. The van der Waals surface area contributed by atoms with Crippen LogP contribution >= 0.6 is 0 Å². The van der Waals surface area contributed by atoms with E-state index in [1.165, 1.54) is 6.42 Å². The Morgan fingerprint density at radius 2 is 1.79 bits per heavy atom. The Hall–Kier alpha value is -0.660. The van der Waals surface area contributed by atoms with Gasteiger partial charge < -0.3 is 10.6 Å². The zero-order chi connectivity index (χ0) is 17.5. The van der Waals surface area contributed by atoms with Crippen molar-refractivity contribution in [2.75, 3.05) is 13.1 Å². The van der Waals surface area contributed by atoms with E-state index in [-0.39, 0.29) is 23.9 Å². The molecule has 3 rings (SSSR count). The molecule has 138 valence electrons. The fourth-order valence-corrected chi connectivity index (χ4v) is 6.50. The van der Waals surface area contributed by atoms with Crippen molar-refractivity contribution in [2.24, 2.45) is 23.5 Å². The van der Waals surface area contributed by atoms with Gasteiger partial charge in [-0.3, -0.25) is 4.79 Å². The Labute approximate surface area is 145 Å². The SMILES string of the molecule is CC(C)NS(=O)(=O)C1CCN(C(=O)C2CC3CCCC(C2)C3N)C1. The lowest BCUT2D eigenvalue weighted by molar-refractivity contribution is -0.137. The molecule has 1 heterocycles. The number of sulfonamides is 1. The highest BCUT2D eigenvalue weighted by molar-refractivity contribution is 7.90. The molecule has 0 aromatic rings. The number of amides is 1. The lowest BCUT2D eigenvalue weighted by Gasteiger charge is -2.44. The van der Waals surface area contributed by atoms with E-state index in [0.29, 0.717) is 31.3 Å². The predicted molar refractivity (Wildman–Crippen MR) is 93.7 cm³/mol. The summed E-state index contributed by atoms with van der Waals surface area (Å²) in [5.41, 5.74) is 6.31. The molecule has 3 N–H and O–H groups in total. The molecule has 1 amide bonds. The van der Waals surface area contributed by atoms with Crippen molar-refractivity contribution in [1.82, 2.24) is 9.62 Å². The maximum Gasteiger partial charge on any atom is 0.225 e. The molecule has 2 aliphatic carbocycles. The van der Waals surface area contributed by atoms with E-state index in [2.05, 4.69) is 4.72 Å². The molecule has 1 saturated heterocycles. The zero-order valence-corrected chi connectivity index (χ0v) is 15.6. The topological polar surface area (TPSA) is 92.5 Å². The standard InChI is InChI=1S/C17H31N3O3S/c1-11(2)19-24(22,23)15-6-7-20(10-15)17(21)14-8-12-4-3-5-13(9-14)16(12)18/h11-16,19H,3-10,18H2,1-2H3. The molecule has 3 fully saturated rings. The number of hydrogen-bond acceptors (Lipinski definition) is 4. The van der Waals surface area contributed by atoms with Crippen LogP contribution in [-0.4, -0.2) is 49.6 Å². The molecule has 2 bridgehead atoms. The van der Waals surface area contributed by atoms with Gasteiger partial charge in [-0.05, 0) is 57.8 Å². The van der Waals surface area contributed by atoms with Gasteiger partial charge in [0.15, 0.2) is 0 Å². The third-order valence-electron chi connectivity index (χ3n) is 6.06. The lowest BCUT2D eigenvalue weighted by atomic mass is 9.65. The third-order valence-corrected chi connectivity index (χ3v) is 8.12. The van der Waals surface area contributed by atoms with Crippen LogP contribution in [0.2, 0.25) is 0 Å². The average Bonchev–Trinajstić information content (AvgIpc) is 2.95. The zero-order valence-electron chi connectivity index (χ0n) is 14.8. The van der Waals surface area contributed by atoms with E-state index in [1.54, 1.807) is 4.90 Å². The summed E-state index contributed by atoms with van der Waals surface area (Å²) in [7, 11) is -3.34. The molecule has 3 atom stereocenters. The molecule has 3 unspecified atom stereocenters. The van der Waals surface area contributed by atoms with Crippen LogP contribution in [0.1, 0.15) is 52.4 Å². The first-order valence-electron chi connectivity index (χ1n) is 9.33. The van der Waals surface area contributed by atoms with Gasteiger partial charge >= 0.3 is 0 Å². The van der Waals surface area contributed by atoms with Crippen LogP contribution in [0.5, 0.6) is 0 Å². The summed E-state index contributed by atoms with van der Waals surface area (Å²) in [5, 5.41) is -0.478. The van der Waals surface area contributed by atoms with E-state index in [0.717, 1.165) is 25.7 Å². The molecule has 3 aliphatic rings. The highest BCUT2D eigenvalue weighted by Gasteiger charge is 2.43. The van der Waals surface area contributed by atoms with Gasteiger partial charge in [0.2, 0.25) is 15.9 Å². The predicted octanol–water partition coefficient (Wildman–Crippen LogP) is 1.07. The number of hydrogen-bond donors (Lipinski definition) is 2. The number of carbonyl (C=O) groups is 1. The molecule has 0 aromatic carbocycles. The fraction of sp³-hybridized carbons (Fsp3) is 0.941. The van der Waals surface area contributed by atoms with Crippen LogP contribution in [0.25, 0.3) is 0 Å². The smallest absolute Gasteiger partial charge is 0.225 e. The first kappa shape index (κ1) is 18.1. The van der Waals surface area contributed by atoms with Gasteiger partial charge in [0.25, 0.3) is 0 Å². The molecule has 0 radical (unpaired) electrons. The maximum absolute atomic E-state index is 12.9. The largest absolute Gasteiger partial charge is 0.341 e. The normalized spacial score (nSPS) is 37.0. The number of nitrogens with one attached hydrogen (secondary N) is 1. The van der Waals surface area contributed by atoms with E-state index < -0.39 is 15.3 Å². The summed E-state index contributed by atoms with van der Waals surface area (Å²) in [4.78, 5) is 14.7. The molecule has 0 spiro atoms. The summed E-state index contributed by atoms with van der Waals surface area (Å²) in [6.45, 7) is 4.53. The second kappa shape index (κ2) is 6.92. The van der Waals surface area contributed by atoms with Crippen molar-refractivity contribution in [3.05, 3.63) is 0 Å². The molecular weight excluding hydrogens is 326 g/mol. The van der Waals surface area contributed by atoms with Gasteiger partial charge in [-0.15, -0.1) is 0 Å². The Morgan fingerprint density at radius 1 is 1.17 bits per heavy atom. The number of nitrogens with two attached hydrogens (primary N) is 1. The minimum Gasteiger partial charge on any atom is -0.341 e. The van der Waals surface area contributed by atoms with Crippen LogP contribution in [0.4, 0.5) is 0 Å². The van der Waals surface area contributed by atoms with Crippen LogP contribution in [-0.2, 0) is 14.8 Å². The average molecular weight is 358 g/mol. The lowest BCUT2D eigenvalue weighted by Crippen LogP contribution is -2.49. The monoisotopic (exact) mass is 357 g/mol. The van der Waals surface area contributed by atoms with Crippen molar-refractivity contribution >= 4 is 15.9 Å². The maximum atomic E-state index is 12.9. The van der Waals surface area contributed by atoms with Gasteiger partial charge in [-0.2, -0.15) is 0 Å². The first-order valence-corrected chi connectivity index (χ1v) is 10.9. The van der Waals surface area contributed by atoms with Crippen molar-refractivity contribution in [3.63, 3.8) is 0 Å². The van der Waals surface area contributed by atoms with Crippen molar-refractivity contribution < 1.29 is 13.2 Å². The number of rotatable bonds is 4. The summed E-state index contributed by atoms with van der Waals surface area (Å²) in [6.07, 6.45) is 5.80. The van der Waals surface area contributed by atoms with E-state index >= 15 is 0 Å². The number of nitrogens with zero attached hydrogens (tertiary/aromatic N) is 1. The van der Waals surface area contributed by atoms with Crippen LogP contribution in [0, 0.1) is 17.8 Å². The van der Waals surface area contributed by atoms with Gasteiger partial charge in [0, 0.05) is 31.1 Å². The van der Waals surface area contributed by atoms with Crippen molar-refractivity contribution in [3.8, 4) is 0 Å². The van der Waals surface area contributed by atoms with Crippen molar-refractivity contribution in [2.45, 2.75) is 69.7 Å². The van der Waals surface area contributed by atoms with Gasteiger partial charge in [0.1, 0.15) is 0 Å². The second-order valence-electron chi connectivity index (χ2n) is 8.21. The Kier molecular flexibility index (Phi) is 5.23. The molecule has 2 saturated carbocycles. The van der Waals surface area contributed by atoms with Crippen LogP contribution in [0.3, 0.4) is 0 Å². The van der Waals surface area contributed by atoms with Gasteiger partial charge in [0.05, 0.1) is 5.25 Å². The van der Waals surface area contributed by atoms with Crippen LogP contribution in [0.15, 0.2) is 0 Å². The third kappa shape index (κ3) is 3.63. The fourth-order valence-electron chi connectivity index (χ4n) is 4.86. The van der Waals surface area contributed by atoms with E-state index in [4.69, 9.17) is 5.73 Å². The van der Waals surface area contributed by atoms with Gasteiger partial charge in [-0.25, -0.2) is 13.1 Å². The highest BCUT2D eigenvalue weighted by atomic mass is 32.2. The Bertz CT molecular complexity index is 564. The number of carbonyl (C=O) groups excluding carboxylic acids is 1. The number of likely N-dealkylation sites (tertiary alicyclic amines) is 1. The summed E-state index contributed by atoms with van der Waals surface area (Å²) in [5.74, 6) is 1.13. The second-order valence-corrected chi connectivity index (χ2v) is 10.2. The molecule has 6 nitrogen and oxygen atoms in total. The summed E-state index contributed by atoms with van der Waals surface area (Å²) in [6, 6.07) is 0.142. The summed E-state index contributed by atoms with van der Waals surface area (Å²) >= 11 is 0. The number of fused-ring (bicyclic) bond motifs is 2.